The van der Waals surface area contributed by atoms with Crippen molar-refractivity contribution in [2.45, 2.75) is 100 Å². The molecule has 4 aliphatic rings. The van der Waals surface area contributed by atoms with Crippen molar-refractivity contribution in [1.82, 2.24) is 19.9 Å². The second kappa shape index (κ2) is 14.2. The molecule has 4 atom stereocenters. The maximum Gasteiger partial charge on any atom is 0.246 e. The van der Waals surface area contributed by atoms with Crippen LogP contribution < -0.4 is 15.1 Å². The second-order valence-electron chi connectivity index (χ2n) is 15.9. The molecule has 7 rings (SSSR count). The number of amides is 1. The van der Waals surface area contributed by atoms with Gasteiger partial charge in [-0.25, -0.2) is 22.8 Å². The SMILES string of the molecule is C=CC(=O)N1CCC[C@@H]1c1cc(N2CC([C@H]3CCCC(C)(C)S3(=O)=O)C2)c2cnc(Nc3ccnc(N4CC[C@@H](OC)[C@@H](F)C4)n3)cc2c1C(C)C. The minimum absolute atomic E-state index is 0.0620. The largest absolute Gasteiger partial charge is 0.378 e. The number of piperidine rings is 1. The van der Waals surface area contributed by atoms with Gasteiger partial charge in [0.2, 0.25) is 11.9 Å². The summed E-state index contributed by atoms with van der Waals surface area (Å²) in [4.78, 5) is 33.2. The molecular weight excluding hydrogens is 682 g/mol. The molecule has 4 aliphatic heterocycles. The Balaban J connectivity index is 1.25. The van der Waals surface area contributed by atoms with E-state index in [2.05, 4.69) is 47.8 Å². The molecule has 13 heteroatoms. The Labute approximate surface area is 307 Å². The first kappa shape index (κ1) is 36.5. The number of ether oxygens (including phenoxy) is 1. The molecule has 3 aromatic rings. The molecule has 0 unspecified atom stereocenters. The average Bonchev–Trinajstić information content (AvgIpc) is 3.59. The van der Waals surface area contributed by atoms with Gasteiger partial charge in [0.15, 0.2) is 9.84 Å². The molecule has 0 aliphatic carbocycles. The van der Waals surface area contributed by atoms with Crippen LogP contribution in [0.3, 0.4) is 0 Å². The summed E-state index contributed by atoms with van der Waals surface area (Å²) in [5.74, 6) is 1.72. The topological polar surface area (TPSA) is 121 Å². The molecule has 0 saturated carbocycles. The summed E-state index contributed by atoms with van der Waals surface area (Å²) in [7, 11) is -1.72. The van der Waals surface area contributed by atoms with Crippen molar-refractivity contribution < 1.29 is 22.3 Å². The molecule has 6 heterocycles. The minimum Gasteiger partial charge on any atom is -0.378 e. The van der Waals surface area contributed by atoms with Crippen LogP contribution in [-0.2, 0) is 19.4 Å². The van der Waals surface area contributed by atoms with Gasteiger partial charge in [-0.15, -0.1) is 0 Å². The molecule has 0 bridgehead atoms. The molecule has 4 fully saturated rings. The number of benzene rings is 1. The summed E-state index contributed by atoms with van der Waals surface area (Å²) in [6, 6.07) is 5.97. The second-order valence-corrected chi connectivity index (χ2v) is 18.7. The number of halogens is 1. The Hall–Kier alpha value is -3.84. The summed E-state index contributed by atoms with van der Waals surface area (Å²) in [6.45, 7) is 14.6. The number of likely N-dealkylation sites (tertiary alicyclic amines) is 1. The van der Waals surface area contributed by atoms with E-state index in [0.29, 0.717) is 63.0 Å². The molecule has 11 nitrogen and oxygen atoms in total. The van der Waals surface area contributed by atoms with Crippen LogP contribution >= 0.6 is 0 Å². The van der Waals surface area contributed by atoms with Crippen molar-refractivity contribution >= 4 is 49.8 Å². The number of nitrogens with one attached hydrogen (secondary N) is 1. The van der Waals surface area contributed by atoms with Crippen LogP contribution in [0.15, 0.2) is 43.2 Å². The molecule has 0 radical (unpaired) electrons. The number of fused-ring (bicyclic) bond motifs is 1. The van der Waals surface area contributed by atoms with Crippen LogP contribution in [0, 0.1) is 5.92 Å². The normalized spacial score (nSPS) is 26.1. The summed E-state index contributed by atoms with van der Waals surface area (Å²) < 4.78 is 46.5. The number of nitrogens with zero attached hydrogens (tertiary/aromatic N) is 6. The predicted octanol–water partition coefficient (Wildman–Crippen LogP) is 6.49. The molecule has 280 valence electrons. The molecule has 1 amide bonds. The third-order valence-electron chi connectivity index (χ3n) is 11.9. The number of rotatable bonds is 9. The zero-order valence-corrected chi connectivity index (χ0v) is 31.8. The molecular formula is C39H52FN7O4S. The monoisotopic (exact) mass is 733 g/mol. The van der Waals surface area contributed by atoms with E-state index in [-0.39, 0.29) is 35.6 Å². The highest BCUT2D eigenvalue weighted by Gasteiger charge is 2.50. The number of carbonyl (C=O) groups excluding carboxylic acids is 1. The van der Waals surface area contributed by atoms with E-state index in [1.165, 1.54) is 13.2 Å². The van der Waals surface area contributed by atoms with Crippen LogP contribution in [0.5, 0.6) is 0 Å². The van der Waals surface area contributed by atoms with Gasteiger partial charge in [0, 0.05) is 62.7 Å². The first-order chi connectivity index (χ1) is 24.8. The number of pyridine rings is 1. The molecule has 1 N–H and O–H groups in total. The average molecular weight is 734 g/mol. The van der Waals surface area contributed by atoms with Gasteiger partial charge >= 0.3 is 0 Å². The maximum atomic E-state index is 14.7. The fraction of sp³-hybridized carbons (Fsp3) is 0.590. The Morgan fingerprint density at radius 1 is 1.06 bits per heavy atom. The maximum absolute atomic E-state index is 14.7. The fourth-order valence-corrected chi connectivity index (χ4v) is 11.4. The molecule has 0 spiro atoms. The van der Waals surface area contributed by atoms with Gasteiger partial charge in [0.1, 0.15) is 17.8 Å². The van der Waals surface area contributed by atoms with Crippen molar-refractivity contribution in [3.05, 3.63) is 54.4 Å². The molecule has 52 heavy (non-hydrogen) atoms. The number of hydrogen-bond donors (Lipinski definition) is 1. The number of anilines is 4. The van der Waals surface area contributed by atoms with Crippen molar-refractivity contribution in [3.63, 3.8) is 0 Å². The van der Waals surface area contributed by atoms with Crippen molar-refractivity contribution in [2.75, 3.05) is 55.0 Å². The van der Waals surface area contributed by atoms with Gasteiger partial charge in [0.25, 0.3) is 0 Å². The Bertz CT molecular complexity index is 1950. The van der Waals surface area contributed by atoms with Crippen LogP contribution in [0.25, 0.3) is 10.8 Å². The lowest BCUT2D eigenvalue weighted by atomic mass is 9.85. The van der Waals surface area contributed by atoms with Gasteiger partial charge in [-0.05, 0) is 92.7 Å². The molecule has 4 saturated heterocycles. The smallest absolute Gasteiger partial charge is 0.246 e. The number of sulfone groups is 1. The van der Waals surface area contributed by atoms with Gasteiger partial charge in [0.05, 0.1) is 28.7 Å². The molecule has 1 aromatic carbocycles. The van der Waals surface area contributed by atoms with E-state index in [4.69, 9.17) is 14.7 Å². The van der Waals surface area contributed by atoms with E-state index in [0.717, 1.165) is 46.8 Å². The Morgan fingerprint density at radius 2 is 1.85 bits per heavy atom. The summed E-state index contributed by atoms with van der Waals surface area (Å²) in [5, 5.41) is 5.06. The number of aromatic nitrogens is 3. The van der Waals surface area contributed by atoms with E-state index < -0.39 is 26.9 Å². The highest BCUT2D eigenvalue weighted by Crippen LogP contribution is 2.47. The summed E-state index contributed by atoms with van der Waals surface area (Å²) in [5.41, 5.74) is 3.28. The lowest BCUT2D eigenvalue weighted by Gasteiger charge is -2.48. The van der Waals surface area contributed by atoms with Crippen LogP contribution in [0.1, 0.15) is 89.3 Å². The van der Waals surface area contributed by atoms with Gasteiger partial charge in [-0.3, -0.25) is 4.79 Å². The van der Waals surface area contributed by atoms with Crippen LogP contribution in [0.4, 0.5) is 27.7 Å². The number of alkyl halides is 1. The van der Waals surface area contributed by atoms with Gasteiger partial charge in [-0.1, -0.05) is 26.8 Å². The minimum atomic E-state index is -3.26. The van der Waals surface area contributed by atoms with Crippen LogP contribution in [0.2, 0.25) is 0 Å². The Kier molecular flexibility index (Phi) is 9.96. The van der Waals surface area contributed by atoms with E-state index in [1.54, 1.807) is 12.3 Å². The van der Waals surface area contributed by atoms with E-state index >= 15 is 0 Å². The van der Waals surface area contributed by atoms with Crippen LogP contribution in [-0.4, -0.2) is 96.3 Å². The third kappa shape index (κ3) is 6.52. The van der Waals surface area contributed by atoms with Crippen molar-refractivity contribution in [3.8, 4) is 0 Å². The number of methoxy groups -OCH3 is 1. The Morgan fingerprint density at radius 3 is 2.56 bits per heavy atom. The highest BCUT2D eigenvalue weighted by atomic mass is 32.2. The summed E-state index contributed by atoms with van der Waals surface area (Å²) >= 11 is 0. The number of hydrogen-bond acceptors (Lipinski definition) is 10. The lowest BCUT2D eigenvalue weighted by molar-refractivity contribution is -0.126. The fourth-order valence-electron chi connectivity index (χ4n) is 8.96. The third-order valence-corrected chi connectivity index (χ3v) is 15.1. The summed E-state index contributed by atoms with van der Waals surface area (Å²) in [6.07, 6.45) is 8.05. The highest BCUT2D eigenvalue weighted by molar-refractivity contribution is 7.93. The quantitative estimate of drug-likeness (QED) is 0.245. The first-order valence-electron chi connectivity index (χ1n) is 18.7. The molecule has 2 aromatic heterocycles. The van der Waals surface area contributed by atoms with E-state index in [9.17, 15) is 17.6 Å². The zero-order valence-electron chi connectivity index (χ0n) is 31.0. The van der Waals surface area contributed by atoms with Crippen molar-refractivity contribution in [2.24, 2.45) is 5.92 Å². The van der Waals surface area contributed by atoms with Gasteiger partial charge < -0.3 is 24.8 Å². The lowest BCUT2D eigenvalue weighted by Crippen LogP contribution is -2.58. The van der Waals surface area contributed by atoms with Crippen molar-refractivity contribution in [1.29, 1.82) is 0 Å². The van der Waals surface area contributed by atoms with E-state index in [1.807, 2.05) is 29.8 Å². The zero-order chi connectivity index (χ0) is 36.9. The predicted molar refractivity (Wildman–Crippen MR) is 204 cm³/mol. The standard InChI is InChI=1S/C39H52FN7O4S/c1-7-36(48)47-16-9-10-30(47)27-18-31(46-21-25(22-46)33-11-8-14-39(4,5)52(33,49)50)28-20-42-35(19-26(28)37(27)24(2)3)43-34-12-15-41-38(44-34)45-17-13-32(51-6)29(40)23-45/h7,12,15,18-20,24-25,29-30,32-33H,1,8-11,13-14,16-17,21-23H2,2-6H3,(H,41,42,43,44)/t29-,30+,32+,33+/m0/s1. The van der Waals surface area contributed by atoms with Gasteiger partial charge in [-0.2, -0.15) is 4.98 Å². The number of carbonyl (C=O) groups is 1. The first-order valence-corrected chi connectivity index (χ1v) is 20.3.